The Hall–Kier alpha value is -2.34. The van der Waals surface area contributed by atoms with E-state index in [1.165, 1.54) is 0 Å². The Morgan fingerprint density at radius 3 is 2.68 bits per heavy atom. The fourth-order valence-corrected chi connectivity index (χ4v) is 5.04. The lowest BCUT2D eigenvalue weighted by atomic mass is 10.1. The van der Waals surface area contributed by atoms with Crippen LogP contribution in [0.3, 0.4) is 0 Å². The molecule has 0 fully saturated rings. The number of thiophene rings is 1. The number of hydrogen-bond acceptors (Lipinski definition) is 4. The van der Waals surface area contributed by atoms with Gasteiger partial charge < -0.3 is 15.4 Å². The third-order valence-electron chi connectivity index (χ3n) is 5.16. The summed E-state index contributed by atoms with van der Waals surface area (Å²) < 4.78 is 34.3. The first-order valence-corrected chi connectivity index (χ1v) is 11.4. The van der Waals surface area contributed by atoms with E-state index < -0.39 is 5.66 Å². The zero-order valence-corrected chi connectivity index (χ0v) is 18.8. The van der Waals surface area contributed by atoms with Crippen LogP contribution in [0.1, 0.15) is 21.7 Å². The van der Waals surface area contributed by atoms with Gasteiger partial charge in [-0.1, -0.05) is 39.6 Å². The Bertz CT molecular complexity index is 1080. The number of halogens is 2. The van der Waals surface area contributed by atoms with Crippen molar-refractivity contribution in [2.45, 2.75) is 25.1 Å². The molecule has 4 nitrogen and oxygen atoms in total. The number of carbonyl (C=O) groups excluding carboxylic acids is 1. The molecule has 1 aliphatic rings. The predicted molar refractivity (Wildman–Crippen MR) is 124 cm³/mol. The first kappa shape index (κ1) is 21.9. The maximum atomic E-state index is 14.2. The van der Waals surface area contributed by atoms with Crippen molar-refractivity contribution in [1.82, 2.24) is 0 Å². The largest absolute Gasteiger partial charge is 0.488 e. The van der Waals surface area contributed by atoms with E-state index in [4.69, 9.17) is 10.5 Å². The molecule has 1 unspecified atom stereocenters. The molecule has 0 saturated carbocycles. The molecular weight excluding hydrogens is 437 g/mol. The summed E-state index contributed by atoms with van der Waals surface area (Å²) in [7, 11) is 1.63. The van der Waals surface area contributed by atoms with Crippen LogP contribution >= 0.6 is 20.6 Å². The molecule has 4 rings (SSSR count). The number of anilines is 1. The lowest BCUT2D eigenvalue weighted by molar-refractivity contribution is -0.118. The molecule has 31 heavy (non-hydrogen) atoms. The van der Waals surface area contributed by atoms with Gasteiger partial charge in [0.25, 0.3) is 5.66 Å². The molecule has 1 atom stereocenters. The molecule has 2 heterocycles. The number of fused-ring (bicyclic) bond motifs is 1. The summed E-state index contributed by atoms with van der Waals surface area (Å²) >= 11 is 1.06. The predicted octanol–water partition coefficient (Wildman–Crippen LogP) is 5.16. The molecule has 1 amide bonds. The van der Waals surface area contributed by atoms with Crippen molar-refractivity contribution < 1.29 is 18.3 Å². The molecule has 0 bridgehead atoms. The highest BCUT2D eigenvalue weighted by Crippen LogP contribution is 2.45. The molecule has 0 spiro atoms. The van der Waals surface area contributed by atoms with Gasteiger partial charge in [0.15, 0.2) is 0 Å². The normalized spacial score (nSPS) is 13.4. The Kier molecular flexibility index (Phi) is 6.37. The molecule has 8 heteroatoms. The Morgan fingerprint density at radius 1 is 1.19 bits per heavy atom. The highest BCUT2D eigenvalue weighted by Gasteiger charge is 2.31. The van der Waals surface area contributed by atoms with Gasteiger partial charge in [0, 0.05) is 35.6 Å². The number of nitrogens with two attached hydrogens (primary N) is 1. The first-order valence-electron chi connectivity index (χ1n) is 9.98. The average molecular weight is 460 g/mol. The van der Waals surface area contributed by atoms with Crippen LogP contribution in [0.15, 0.2) is 54.6 Å². The third-order valence-corrected chi connectivity index (χ3v) is 6.85. The van der Waals surface area contributed by atoms with Crippen LogP contribution in [0.2, 0.25) is 0 Å². The number of hydrogen-bond donors (Lipinski definition) is 1. The smallest absolute Gasteiger partial charge is 0.293 e. The van der Waals surface area contributed by atoms with Gasteiger partial charge in [0.1, 0.15) is 12.4 Å². The second-order valence-electron chi connectivity index (χ2n) is 7.36. The van der Waals surface area contributed by atoms with E-state index in [2.05, 4.69) is 0 Å². The maximum Gasteiger partial charge on any atom is 0.293 e. The second kappa shape index (κ2) is 9.03. The van der Waals surface area contributed by atoms with E-state index >= 15 is 0 Å². The van der Waals surface area contributed by atoms with Gasteiger partial charge in [0.05, 0.1) is 4.88 Å². The minimum absolute atomic E-state index is 0.00492. The van der Waals surface area contributed by atoms with E-state index in [-0.39, 0.29) is 17.4 Å². The van der Waals surface area contributed by atoms with Gasteiger partial charge in [-0.3, -0.25) is 4.79 Å². The number of benzene rings is 2. The van der Waals surface area contributed by atoms with Crippen LogP contribution < -0.4 is 15.4 Å². The summed E-state index contributed by atoms with van der Waals surface area (Å²) in [6, 6.07) is 16.5. The van der Waals surface area contributed by atoms with Crippen LogP contribution in [0, 0.1) is 0 Å². The van der Waals surface area contributed by atoms with Crippen molar-refractivity contribution >= 4 is 32.2 Å². The fourth-order valence-electron chi connectivity index (χ4n) is 3.73. The summed E-state index contributed by atoms with van der Waals surface area (Å²) in [5.74, 6) is 0.675. The number of rotatable bonds is 7. The molecule has 1 aliphatic heterocycles. The minimum Gasteiger partial charge on any atom is -0.488 e. The van der Waals surface area contributed by atoms with Crippen LogP contribution in [-0.4, -0.2) is 19.0 Å². The molecule has 0 radical (unpaired) electrons. The van der Waals surface area contributed by atoms with Crippen LogP contribution in [0.25, 0.3) is 11.1 Å². The highest BCUT2D eigenvalue weighted by molar-refractivity contribution is 7.21. The Labute approximate surface area is 186 Å². The average Bonchev–Trinajstić information content (AvgIpc) is 3.37. The summed E-state index contributed by atoms with van der Waals surface area (Å²) in [6.45, 7) is 1.16. The fraction of sp³-hybridized carbons (Fsp3) is 0.261. The quantitative estimate of drug-likeness (QED) is 0.496. The van der Waals surface area contributed by atoms with Crippen molar-refractivity contribution in [3.8, 4) is 16.9 Å². The highest BCUT2D eigenvalue weighted by atomic mass is 32.1. The number of nitrogens with zero attached hydrogens (tertiary/aromatic N) is 1. The molecule has 1 aromatic heterocycles. The maximum absolute atomic E-state index is 14.2. The topological polar surface area (TPSA) is 55.6 Å². The number of carbonyl (C=O) groups is 1. The van der Waals surface area contributed by atoms with Gasteiger partial charge in [0.2, 0.25) is 5.91 Å². The van der Waals surface area contributed by atoms with E-state index in [1.807, 2.05) is 48.5 Å². The van der Waals surface area contributed by atoms with E-state index in [0.29, 0.717) is 30.8 Å². The van der Waals surface area contributed by atoms with Crippen LogP contribution in [0.4, 0.5) is 14.5 Å². The molecule has 0 aliphatic carbocycles. The number of alkyl halides is 2. The van der Waals surface area contributed by atoms with Gasteiger partial charge in [-0.15, -0.1) is 11.3 Å². The Morgan fingerprint density at radius 2 is 1.97 bits per heavy atom. The third kappa shape index (κ3) is 4.79. The van der Waals surface area contributed by atoms with E-state index in [1.54, 1.807) is 20.2 Å². The molecule has 3 aromatic rings. The molecule has 2 N–H and O–H groups in total. The molecule has 0 saturated heterocycles. The SMILES string of the molecule is NCCC(=O)N1CCc2cc(OCc3cc(-c4ccccc4)c(C(F)(F)P)s3)ccc21. The lowest BCUT2D eigenvalue weighted by Crippen LogP contribution is -2.30. The summed E-state index contributed by atoms with van der Waals surface area (Å²) in [5, 5.41) is 0. The monoisotopic (exact) mass is 460 g/mol. The summed E-state index contributed by atoms with van der Waals surface area (Å²) in [5.41, 5.74) is 5.68. The lowest BCUT2D eigenvalue weighted by Gasteiger charge is -2.17. The van der Waals surface area contributed by atoms with Gasteiger partial charge >= 0.3 is 0 Å². The van der Waals surface area contributed by atoms with Crippen molar-refractivity contribution in [2.24, 2.45) is 5.73 Å². The number of amides is 1. The van der Waals surface area contributed by atoms with Gasteiger partial charge in [-0.25, -0.2) is 0 Å². The van der Waals surface area contributed by atoms with Crippen molar-refractivity contribution in [3.05, 3.63) is 69.9 Å². The van der Waals surface area contributed by atoms with Crippen molar-refractivity contribution in [3.63, 3.8) is 0 Å². The minimum atomic E-state index is -3.01. The van der Waals surface area contributed by atoms with Gasteiger partial charge in [-0.05, 0) is 41.8 Å². The zero-order valence-electron chi connectivity index (χ0n) is 16.8. The summed E-state index contributed by atoms with van der Waals surface area (Å²) in [6.07, 6.45) is 1.08. The standard InChI is InChI=1S/C23H23F2N2O2PS/c24-23(25,30)22-19(15-4-2-1-3-5-15)13-18(31-22)14-29-17-6-7-20-16(12-17)9-11-27(20)21(28)8-10-26/h1-7,12-13H,8-11,14,26,30H2. The zero-order chi connectivity index (χ0) is 22.0. The van der Waals surface area contributed by atoms with Crippen LogP contribution in [0.5, 0.6) is 5.75 Å². The van der Waals surface area contributed by atoms with E-state index in [9.17, 15) is 13.6 Å². The molecule has 162 valence electrons. The second-order valence-corrected chi connectivity index (χ2v) is 9.22. The van der Waals surface area contributed by atoms with Crippen LogP contribution in [-0.2, 0) is 23.5 Å². The summed E-state index contributed by atoms with van der Waals surface area (Å²) in [4.78, 5) is 14.7. The molecule has 2 aromatic carbocycles. The van der Waals surface area contributed by atoms with Gasteiger partial charge in [-0.2, -0.15) is 8.78 Å². The van der Waals surface area contributed by atoms with E-state index in [0.717, 1.165) is 39.4 Å². The number of ether oxygens (including phenoxy) is 1. The molecular formula is C23H23F2N2O2PS. The first-order chi connectivity index (χ1) is 14.9. The van der Waals surface area contributed by atoms with Crippen molar-refractivity contribution in [2.75, 3.05) is 18.0 Å². The Balaban J connectivity index is 1.51. The van der Waals surface area contributed by atoms with Crippen molar-refractivity contribution in [1.29, 1.82) is 0 Å².